The van der Waals surface area contributed by atoms with Gasteiger partial charge in [-0.1, -0.05) is 35.9 Å². The lowest BCUT2D eigenvalue weighted by Gasteiger charge is -2.05. The van der Waals surface area contributed by atoms with Crippen molar-refractivity contribution in [1.29, 1.82) is 0 Å². The molecule has 0 aliphatic carbocycles. The molecule has 0 unspecified atom stereocenters. The summed E-state index contributed by atoms with van der Waals surface area (Å²) in [5.41, 5.74) is 1.16. The van der Waals surface area contributed by atoms with Gasteiger partial charge >= 0.3 is 0 Å². The van der Waals surface area contributed by atoms with Crippen LogP contribution in [0.2, 0.25) is 5.02 Å². The zero-order chi connectivity index (χ0) is 10.2. The van der Waals surface area contributed by atoms with Gasteiger partial charge in [0, 0.05) is 11.6 Å². The molecule has 0 saturated carbocycles. The first-order valence-electron chi connectivity index (χ1n) is 4.89. The van der Waals surface area contributed by atoms with E-state index in [2.05, 4.69) is 11.9 Å². The largest absolute Gasteiger partial charge is 0.313 e. The second-order valence-electron chi connectivity index (χ2n) is 3.20. The van der Waals surface area contributed by atoms with Gasteiger partial charge in [-0.3, -0.25) is 0 Å². The minimum absolute atomic E-state index is 0.837. The van der Waals surface area contributed by atoms with Crippen LogP contribution in [0.5, 0.6) is 0 Å². The van der Waals surface area contributed by atoms with Crippen LogP contribution in [0, 0.1) is 0 Å². The smallest absolute Gasteiger partial charge is 0.0450 e. The number of benzene rings is 1. The molecular weight excluding hydrogens is 194 g/mol. The minimum atomic E-state index is 0.837. The van der Waals surface area contributed by atoms with Crippen LogP contribution >= 0.6 is 11.6 Å². The van der Waals surface area contributed by atoms with Gasteiger partial charge in [-0.15, -0.1) is 6.58 Å². The quantitative estimate of drug-likeness (QED) is 0.560. The molecule has 0 aliphatic heterocycles. The highest BCUT2D eigenvalue weighted by Gasteiger charge is 1.96. The molecule has 1 N–H and O–H groups in total. The number of nitrogens with one attached hydrogen (secondary N) is 1. The molecule has 0 spiro atoms. The second-order valence-corrected chi connectivity index (χ2v) is 3.61. The summed E-state index contributed by atoms with van der Waals surface area (Å²) >= 11 is 6.01. The Morgan fingerprint density at radius 2 is 2.14 bits per heavy atom. The zero-order valence-corrected chi connectivity index (χ0v) is 9.06. The van der Waals surface area contributed by atoms with Crippen LogP contribution in [-0.2, 0) is 6.54 Å². The van der Waals surface area contributed by atoms with Crippen LogP contribution < -0.4 is 5.32 Å². The Balaban J connectivity index is 2.24. The first-order chi connectivity index (χ1) is 6.84. The lowest BCUT2D eigenvalue weighted by Crippen LogP contribution is -2.14. The van der Waals surface area contributed by atoms with E-state index in [1.165, 1.54) is 0 Å². The number of hydrogen-bond donors (Lipinski definition) is 1. The molecule has 0 atom stereocenters. The highest BCUT2D eigenvalue weighted by Crippen LogP contribution is 2.14. The number of rotatable bonds is 6. The predicted octanol–water partition coefficient (Wildman–Crippen LogP) is 3.40. The fraction of sp³-hybridized carbons (Fsp3) is 0.333. The van der Waals surface area contributed by atoms with E-state index in [4.69, 9.17) is 11.6 Å². The van der Waals surface area contributed by atoms with Gasteiger partial charge in [-0.05, 0) is 31.0 Å². The van der Waals surface area contributed by atoms with E-state index < -0.39 is 0 Å². The van der Waals surface area contributed by atoms with E-state index in [1.807, 2.05) is 30.3 Å². The van der Waals surface area contributed by atoms with Crippen molar-refractivity contribution >= 4 is 11.6 Å². The average Bonchev–Trinajstić information content (AvgIpc) is 2.20. The van der Waals surface area contributed by atoms with Crippen molar-refractivity contribution in [2.75, 3.05) is 6.54 Å². The van der Waals surface area contributed by atoms with Gasteiger partial charge in [0.25, 0.3) is 0 Å². The summed E-state index contributed by atoms with van der Waals surface area (Å²) in [5, 5.41) is 4.18. The molecule has 14 heavy (non-hydrogen) atoms. The van der Waals surface area contributed by atoms with Crippen molar-refractivity contribution in [3.05, 3.63) is 47.5 Å². The predicted molar refractivity (Wildman–Crippen MR) is 62.6 cm³/mol. The summed E-state index contributed by atoms with van der Waals surface area (Å²) in [6.45, 7) is 5.54. The topological polar surface area (TPSA) is 12.0 Å². The van der Waals surface area contributed by atoms with E-state index in [-0.39, 0.29) is 0 Å². The third-order valence-corrected chi connectivity index (χ3v) is 2.40. The molecule has 0 amide bonds. The lowest BCUT2D eigenvalue weighted by molar-refractivity contribution is 0.655. The lowest BCUT2D eigenvalue weighted by atomic mass is 10.2. The summed E-state index contributed by atoms with van der Waals surface area (Å²) in [7, 11) is 0. The maximum absolute atomic E-state index is 6.01. The van der Waals surface area contributed by atoms with Gasteiger partial charge in [0.1, 0.15) is 0 Å². The Morgan fingerprint density at radius 1 is 1.36 bits per heavy atom. The van der Waals surface area contributed by atoms with Gasteiger partial charge < -0.3 is 5.32 Å². The van der Waals surface area contributed by atoms with Crippen molar-refractivity contribution in [3.63, 3.8) is 0 Å². The average molecular weight is 210 g/mol. The van der Waals surface area contributed by atoms with Crippen LogP contribution in [0.4, 0.5) is 0 Å². The summed E-state index contributed by atoms with van der Waals surface area (Å²) < 4.78 is 0. The molecule has 1 nitrogen and oxygen atoms in total. The summed E-state index contributed by atoms with van der Waals surface area (Å²) in [6, 6.07) is 7.92. The molecule has 0 aromatic heterocycles. The van der Waals surface area contributed by atoms with Gasteiger partial charge in [-0.2, -0.15) is 0 Å². The van der Waals surface area contributed by atoms with E-state index in [9.17, 15) is 0 Å². The molecule has 0 bridgehead atoms. The number of allylic oxidation sites excluding steroid dienone is 1. The zero-order valence-electron chi connectivity index (χ0n) is 8.30. The highest BCUT2D eigenvalue weighted by molar-refractivity contribution is 6.31. The molecule has 0 radical (unpaired) electrons. The monoisotopic (exact) mass is 209 g/mol. The number of hydrogen-bond acceptors (Lipinski definition) is 1. The van der Waals surface area contributed by atoms with Gasteiger partial charge in [0.15, 0.2) is 0 Å². The minimum Gasteiger partial charge on any atom is -0.313 e. The molecule has 0 heterocycles. The summed E-state index contributed by atoms with van der Waals surface area (Å²) in [5.74, 6) is 0. The van der Waals surface area contributed by atoms with Crippen LogP contribution in [0.15, 0.2) is 36.9 Å². The Kier molecular flexibility index (Phi) is 5.35. The molecule has 1 aromatic carbocycles. The first-order valence-corrected chi connectivity index (χ1v) is 5.27. The molecule has 1 rings (SSSR count). The Morgan fingerprint density at radius 3 is 2.86 bits per heavy atom. The van der Waals surface area contributed by atoms with E-state index in [0.29, 0.717) is 0 Å². The van der Waals surface area contributed by atoms with Gasteiger partial charge in [0.2, 0.25) is 0 Å². The third kappa shape index (κ3) is 3.95. The maximum Gasteiger partial charge on any atom is 0.0450 e. The molecular formula is C12H16ClN. The number of halogens is 1. The maximum atomic E-state index is 6.01. The van der Waals surface area contributed by atoms with E-state index in [0.717, 1.165) is 36.5 Å². The van der Waals surface area contributed by atoms with Crippen molar-refractivity contribution in [1.82, 2.24) is 5.32 Å². The van der Waals surface area contributed by atoms with Crippen molar-refractivity contribution in [3.8, 4) is 0 Å². The second kappa shape index (κ2) is 6.63. The number of unbranched alkanes of at least 4 members (excludes halogenated alkanes) is 1. The van der Waals surface area contributed by atoms with Gasteiger partial charge in [-0.25, -0.2) is 0 Å². The molecule has 0 fully saturated rings. The Bertz CT molecular complexity index is 283. The van der Waals surface area contributed by atoms with E-state index in [1.54, 1.807) is 0 Å². The summed E-state index contributed by atoms with van der Waals surface area (Å²) in [4.78, 5) is 0. The SMILES string of the molecule is C=CCCCNCc1ccccc1Cl. The van der Waals surface area contributed by atoms with Crippen LogP contribution in [0.25, 0.3) is 0 Å². The highest BCUT2D eigenvalue weighted by atomic mass is 35.5. The fourth-order valence-corrected chi connectivity index (χ4v) is 1.44. The van der Waals surface area contributed by atoms with Crippen molar-refractivity contribution in [2.45, 2.75) is 19.4 Å². The molecule has 1 aromatic rings. The van der Waals surface area contributed by atoms with E-state index >= 15 is 0 Å². The van der Waals surface area contributed by atoms with Gasteiger partial charge in [0.05, 0.1) is 0 Å². The molecule has 2 heteroatoms. The van der Waals surface area contributed by atoms with Crippen molar-refractivity contribution < 1.29 is 0 Å². The molecule has 0 saturated heterocycles. The third-order valence-electron chi connectivity index (χ3n) is 2.04. The Labute approximate surface area is 90.8 Å². The summed E-state index contributed by atoms with van der Waals surface area (Å²) in [6.07, 6.45) is 4.14. The molecule has 76 valence electrons. The fourth-order valence-electron chi connectivity index (χ4n) is 1.24. The van der Waals surface area contributed by atoms with Crippen LogP contribution in [-0.4, -0.2) is 6.54 Å². The van der Waals surface area contributed by atoms with Crippen LogP contribution in [0.3, 0.4) is 0 Å². The molecule has 0 aliphatic rings. The Hall–Kier alpha value is -0.790. The standard InChI is InChI=1S/C12H16ClN/c1-2-3-6-9-14-10-11-7-4-5-8-12(11)13/h2,4-5,7-8,14H,1,3,6,9-10H2. The van der Waals surface area contributed by atoms with Crippen LogP contribution in [0.1, 0.15) is 18.4 Å². The normalized spacial score (nSPS) is 10.1. The van der Waals surface area contributed by atoms with Crippen molar-refractivity contribution in [2.24, 2.45) is 0 Å². The first kappa shape index (κ1) is 11.3.